The van der Waals surface area contributed by atoms with Crippen molar-refractivity contribution in [3.8, 4) is 0 Å². The topological polar surface area (TPSA) is 78.9 Å². The fraction of sp³-hybridized carbons (Fsp3) is 0.385. The predicted molar refractivity (Wildman–Crippen MR) is 74.0 cm³/mol. The van der Waals surface area contributed by atoms with Crippen molar-refractivity contribution < 1.29 is 23.8 Å². The number of urea groups is 1. The van der Waals surface area contributed by atoms with Crippen LogP contribution in [-0.4, -0.2) is 47.8 Å². The summed E-state index contributed by atoms with van der Waals surface area (Å²) >= 11 is 5.82. The highest BCUT2D eigenvalue weighted by molar-refractivity contribution is 6.33. The van der Waals surface area contributed by atoms with Crippen LogP contribution in [0.5, 0.6) is 0 Å². The van der Waals surface area contributed by atoms with Crippen LogP contribution >= 0.6 is 11.6 Å². The molecule has 2 amide bonds. The first-order chi connectivity index (χ1) is 9.92. The van der Waals surface area contributed by atoms with Crippen LogP contribution in [0.2, 0.25) is 5.02 Å². The molecule has 0 saturated carbocycles. The van der Waals surface area contributed by atoms with Gasteiger partial charge in [0.05, 0.1) is 16.8 Å². The van der Waals surface area contributed by atoms with Gasteiger partial charge in [0.2, 0.25) is 0 Å². The Morgan fingerprint density at radius 1 is 1.52 bits per heavy atom. The number of carboxylic acids is 1. The fourth-order valence-corrected chi connectivity index (χ4v) is 2.42. The molecule has 21 heavy (non-hydrogen) atoms. The van der Waals surface area contributed by atoms with E-state index in [1.165, 1.54) is 13.2 Å². The zero-order chi connectivity index (χ0) is 15.6. The molecular weight excluding hydrogens is 303 g/mol. The van der Waals surface area contributed by atoms with Crippen LogP contribution in [0, 0.1) is 5.82 Å². The maximum absolute atomic E-state index is 12.9. The first-order valence-electron chi connectivity index (χ1n) is 6.20. The second kappa shape index (κ2) is 6.28. The van der Waals surface area contributed by atoms with E-state index in [0.29, 0.717) is 0 Å². The molecule has 6 nitrogen and oxygen atoms in total. The van der Waals surface area contributed by atoms with Gasteiger partial charge >= 0.3 is 12.0 Å². The molecule has 0 aliphatic carbocycles. The van der Waals surface area contributed by atoms with Crippen molar-refractivity contribution in [1.82, 2.24) is 4.90 Å². The van der Waals surface area contributed by atoms with Gasteiger partial charge in [0.25, 0.3) is 0 Å². The van der Waals surface area contributed by atoms with Crippen LogP contribution in [-0.2, 0) is 9.53 Å². The van der Waals surface area contributed by atoms with E-state index in [4.69, 9.17) is 21.4 Å². The van der Waals surface area contributed by atoms with Gasteiger partial charge < -0.3 is 20.1 Å². The number of methoxy groups -OCH3 is 1. The molecule has 114 valence electrons. The van der Waals surface area contributed by atoms with Crippen molar-refractivity contribution in [2.24, 2.45) is 0 Å². The van der Waals surface area contributed by atoms with E-state index in [-0.39, 0.29) is 29.8 Å². The molecule has 0 aromatic heterocycles. The van der Waals surface area contributed by atoms with E-state index in [2.05, 4.69) is 5.32 Å². The molecule has 0 spiro atoms. The van der Waals surface area contributed by atoms with Crippen molar-refractivity contribution in [3.05, 3.63) is 29.0 Å². The minimum Gasteiger partial charge on any atom is -0.480 e. The van der Waals surface area contributed by atoms with Crippen LogP contribution in [0.1, 0.15) is 6.42 Å². The number of benzene rings is 1. The number of ether oxygens (including phenoxy) is 1. The number of halogens is 2. The molecule has 0 bridgehead atoms. The van der Waals surface area contributed by atoms with Gasteiger partial charge in [-0.05, 0) is 18.2 Å². The summed E-state index contributed by atoms with van der Waals surface area (Å²) in [5.41, 5.74) is 0.216. The van der Waals surface area contributed by atoms with E-state index >= 15 is 0 Å². The van der Waals surface area contributed by atoms with Crippen molar-refractivity contribution >= 4 is 29.3 Å². The molecule has 1 aromatic rings. The first-order valence-corrected chi connectivity index (χ1v) is 6.58. The average molecular weight is 317 g/mol. The van der Waals surface area contributed by atoms with Crippen LogP contribution in [0.4, 0.5) is 14.9 Å². The molecule has 2 N–H and O–H groups in total. The monoisotopic (exact) mass is 316 g/mol. The van der Waals surface area contributed by atoms with Gasteiger partial charge in [-0.25, -0.2) is 14.0 Å². The number of likely N-dealkylation sites (tertiary alicyclic amines) is 1. The van der Waals surface area contributed by atoms with E-state index in [9.17, 15) is 14.0 Å². The largest absolute Gasteiger partial charge is 0.480 e. The molecule has 1 heterocycles. The molecule has 1 fully saturated rings. The summed E-state index contributed by atoms with van der Waals surface area (Å²) in [6, 6.07) is 1.95. The normalized spacial score (nSPS) is 21.4. The number of rotatable bonds is 3. The summed E-state index contributed by atoms with van der Waals surface area (Å²) in [6.07, 6.45) is -0.114. The quantitative estimate of drug-likeness (QED) is 0.896. The van der Waals surface area contributed by atoms with Crippen molar-refractivity contribution in [2.45, 2.75) is 18.6 Å². The molecule has 8 heteroatoms. The SMILES string of the molecule is COC1CC(C(=O)O)N(C(=O)Nc2ccc(F)cc2Cl)C1. The van der Waals surface area contributed by atoms with Gasteiger partial charge in [-0.3, -0.25) is 0 Å². The Bertz CT molecular complexity index is 569. The Labute approximate surface area is 125 Å². The lowest BCUT2D eigenvalue weighted by atomic mass is 10.2. The number of carboxylic acid groups (broad SMARTS) is 1. The molecule has 2 rings (SSSR count). The number of nitrogens with one attached hydrogen (secondary N) is 1. The minimum atomic E-state index is -1.10. The Hall–Kier alpha value is -1.86. The summed E-state index contributed by atoms with van der Waals surface area (Å²) in [4.78, 5) is 24.5. The van der Waals surface area contributed by atoms with E-state index in [1.807, 2.05) is 0 Å². The summed E-state index contributed by atoms with van der Waals surface area (Å²) in [5, 5.41) is 11.7. The molecule has 1 aliphatic rings. The second-order valence-electron chi connectivity index (χ2n) is 4.65. The Kier molecular flexibility index (Phi) is 4.64. The number of aliphatic carboxylic acids is 1. The molecule has 2 unspecified atom stereocenters. The van der Waals surface area contributed by atoms with Crippen LogP contribution in [0.25, 0.3) is 0 Å². The molecule has 2 atom stereocenters. The Morgan fingerprint density at radius 3 is 2.81 bits per heavy atom. The summed E-state index contributed by atoms with van der Waals surface area (Å²) in [6.45, 7) is 0.165. The van der Waals surface area contributed by atoms with E-state index in [1.54, 1.807) is 0 Å². The standard InChI is InChI=1S/C13H14ClFN2O4/c1-21-8-5-11(12(18)19)17(6-8)13(20)16-10-3-2-7(15)4-9(10)14/h2-4,8,11H,5-6H2,1H3,(H,16,20)(H,18,19). The summed E-state index contributed by atoms with van der Waals surface area (Å²) < 4.78 is 18.0. The van der Waals surface area contributed by atoms with Gasteiger partial charge in [0, 0.05) is 20.1 Å². The van der Waals surface area contributed by atoms with Gasteiger partial charge in [-0.1, -0.05) is 11.6 Å². The lowest BCUT2D eigenvalue weighted by Crippen LogP contribution is -2.43. The molecule has 0 radical (unpaired) electrons. The number of anilines is 1. The van der Waals surface area contributed by atoms with Gasteiger partial charge in [-0.2, -0.15) is 0 Å². The van der Waals surface area contributed by atoms with Gasteiger partial charge in [0.1, 0.15) is 11.9 Å². The second-order valence-corrected chi connectivity index (χ2v) is 5.06. The molecule has 1 aliphatic heterocycles. The highest BCUT2D eigenvalue weighted by Crippen LogP contribution is 2.25. The third-order valence-corrected chi connectivity index (χ3v) is 3.63. The summed E-state index contributed by atoms with van der Waals surface area (Å²) in [7, 11) is 1.46. The number of amides is 2. The van der Waals surface area contributed by atoms with Crippen LogP contribution < -0.4 is 5.32 Å². The lowest BCUT2D eigenvalue weighted by molar-refractivity contribution is -0.141. The maximum Gasteiger partial charge on any atom is 0.326 e. The Morgan fingerprint density at radius 2 is 2.24 bits per heavy atom. The van der Waals surface area contributed by atoms with Crippen molar-refractivity contribution in [2.75, 3.05) is 19.0 Å². The number of hydrogen-bond acceptors (Lipinski definition) is 3. The molecule has 1 aromatic carbocycles. The average Bonchev–Trinajstić information content (AvgIpc) is 2.86. The smallest absolute Gasteiger partial charge is 0.326 e. The number of carbonyl (C=O) groups excluding carboxylic acids is 1. The highest BCUT2D eigenvalue weighted by atomic mass is 35.5. The van der Waals surface area contributed by atoms with E-state index in [0.717, 1.165) is 17.0 Å². The van der Waals surface area contributed by atoms with Crippen LogP contribution in [0.15, 0.2) is 18.2 Å². The first kappa shape index (κ1) is 15.5. The number of nitrogens with zero attached hydrogens (tertiary/aromatic N) is 1. The molecule has 1 saturated heterocycles. The fourth-order valence-electron chi connectivity index (χ4n) is 2.20. The third kappa shape index (κ3) is 3.43. The van der Waals surface area contributed by atoms with Gasteiger partial charge in [-0.15, -0.1) is 0 Å². The Balaban J connectivity index is 2.13. The van der Waals surface area contributed by atoms with E-state index < -0.39 is 23.9 Å². The maximum atomic E-state index is 12.9. The summed E-state index contributed by atoms with van der Waals surface area (Å²) in [5.74, 6) is -1.63. The zero-order valence-electron chi connectivity index (χ0n) is 11.2. The lowest BCUT2D eigenvalue weighted by Gasteiger charge is -2.22. The van der Waals surface area contributed by atoms with Crippen molar-refractivity contribution in [3.63, 3.8) is 0 Å². The van der Waals surface area contributed by atoms with Crippen molar-refractivity contribution in [1.29, 1.82) is 0 Å². The number of hydrogen-bond donors (Lipinski definition) is 2. The predicted octanol–water partition coefficient (Wildman–Crippen LogP) is 2.18. The number of carbonyl (C=O) groups is 2. The highest BCUT2D eigenvalue weighted by Gasteiger charge is 2.40. The van der Waals surface area contributed by atoms with Crippen LogP contribution in [0.3, 0.4) is 0 Å². The van der Waals surface area contributed by atoms with Gasteiger partial charge in [0.15, 0.2) is 0 Å². The zero-order valence-corrected chi connectivity index (χ0v) is 11.9. The third-order valence-electron chi connectivity index (χ3n) is 3.31. The minimum absolute atomic E-state index is 0.0395. The molecular formula is C13H14ClFN2O4.